The first-order valence-electron chi connectivity index (χ1n) is 7.10. The summed E-state index contributed by atoms with van der Waals surface area (Å²) in [5.41, 5.74) is 0.687. The smallest absolute Gasteiger partial charge is 0.193 e. The second-order valence-corrected chi connectivity index (χ2v) is 13.6. The Morgan fingerprint density at radius 2 is 2.14 bits per heavy atom. The second-order valence-electron chi connectivity index (χ2n) is 6.67. The van der Waals surface area contributed by atoms with Crippen LogP contribution in [-0.4, -0.2) is 23.8 Å². The summed E-state index contributed by atoms with van der Waals surface area (Å²) in [5.74, 6) is -0.207. The van der Waals surface area contributed by atoms with E-state index in [9.17, 15) is 4.39 Å². The molecule has 0 fully saturated rings. The Balaban J connectivity index is 2.93. The lowest BCUT2D eigenvalue weighted by Gasteiger charge is -2.38. The molecule has 1 aromatic rings. The Labute approximate surface area is 146 Å². The molecule has 0 aliphatic rings. The van der Waals surface area contributed by atoms with Crippen LogP contribution in [0.1, 0.15) is 37.9 Å². The van der Waals surface area contributed by atoms with Gasteiger partial charge in [0.2, 0.25) is 0 Å². The number of nitrogens with zero attached hydrogens (tertiary/aromatic N) is 1. The van der Waals surface area contributed by atoms with E-state index in [4.69, 9.17) is 4.43 Å². The van der Waals surface area contributed by atoms with Crippen LogP contribution in [0.5, 0.6) is 0 Å². The maximum Gasteiger partial charge on any atom is 0.193 e. The van der Waals surface area contributed by atoms with Gasteiger partial charge >= 0.3 is 0 Å². The summed E-state index contributed by atoms with van der Waals surface area (Å²) in [7, 11) is -1.98. The van der Waals surface area contributed by atoms with E-state index in [1.165, 1.54) is 17.4 Å². The average molecular weight is 441 g/mol. The van der Waals surface area contributed by atoms with Crippen molar-refractivity contribution in [2.45, 2.75) is 58.4 Å². The molecule has 120 valence electrons. The second kappa shape index (κ2) is 7.65. The third-order valence-electron chi connectivity index (χ3n) is 3.84. The molecule has 0 saturated carbocycles. The van der Waals surface area contributed by atoms with Crippen LogP contribution in [0, 0.1) is 6.92 Å². The van der Waals surface area contributed by atoms with Crippen LogP contribution in [0.4, 0.5) is 4.39 Å². The zero-order chi connectivity index (χ0) is 16.3. The normalized spacial score (nSPS) is 15.3. The Kier molecular flexibility index (Phi) is 7.02. The fourth-order valence-corrected chi connectivity index (χ4v) is 4.00. The maximum absolute atomic E-state index is 14.6. The Morgan fingerprint density at radius 3 is 2.57 bits per heavy atom. The average Bonchev–Trinajstić information content (AvgIpc) is 2.72. The van der Waals surface area contributed by atoms with E-state index in [0.717, 1.165) is 9.44 Å². The fraction of sp³-hybridized carbons (Fsp3) is 0.667. The molecule has 0 N–H and O–H groups in total. The van der Waals surface area contributed by atoms with Gasteiger partial charge < -0.3 is 4.43 Å². The van der Waals surface area contributed by atoms with E-state index in [-0.39, 0.29) is 10.9 Å². The van der Waals surface area contributed by atoms with E-state index in [0.29, 0.717) is 12.1 Å². The number of rotatable bonds is 6. The molecular formula is C15H25FINOSSi. The van der Waals surface area contributed by atoms with Gasteiger partial charge in [0.15, 0.2) is 8.32 Å². The Hall–Kier alpha value is 0.207. The third kappa shape index (κ3) is 5.72. The number of aryl methyl sites for hydroxylation is 1. The van der Waals surface area contributed by atoms with Gasteiger partial charge in [0.05, 0.1) is 16.8 Å². The van der Waals surface area contributed by atoms with Crippen LogP contribution in [-0.2, 0) is 4.43 Å². The quantitative estimate of drug-likeness (QED) is 0.308. The molecule has 21 heavy (non-hydrogen) atoms. The zero-order valence-electron chi connectivity index (χ0n) is 13.7. The van der Waals surface area contributed by atoms with Gasteiger partial charge in [0.1, 0.15) is 5.83 Å². The van der Waals surface area contributed by atoms with Crippen molar-refractivity contribution in [2.24, 2.45) is 0 Å². The molecule has 0 radical (unpaired) electrons. The summed E-state index contributed by atoms with van der Waals surface area (Å²) in [4.78, 5) is 4.29. The van der Waals surface area contributed by atoms with Crippen molar-refractivity contribution < 1.29 is 8.82 Å². The predicted molar refractivity (Wildman–Crippen MR) is 102 cm³/mol. The maximum atomic E-state index is 14.6. The van der Waals surface area contributed by atoms with Crippen molar-refractivity contribution >= 4 is 48.3 Å². The number of halogens is 2. The summed E-state index contributed by atoms with van der Waals surface area (Å²) in [6.45, 7) is 12.8. The van der Waals surface area contributed by atoms with Crippen LogP contribution < -0.4 is 0 Å². The number of hydrogen-bond donors (Lipinski definition) is 0. The van der Waals surface area contributed by atoms with Gasteiger partial charge in [-0.3, -0.25) is 0 Å². The topological polar surface area (TPSA) is 22.1 Å². The first kappa shape index (κ1) is 19.3. The fourth-order valence-electron chi connectivity index (χ4n) is 1.57. The van der Waals surface area contributed by atoms with Crippen LogP contribution in [0.3, 0.4) is 0 Å². The summed E-state index contributed by atoms with van der Waals surface area (Å²) in [6, 6.07) is 0. The molecule has 1 atom stereocenters. The van der Waals surface area contributed by atoms with Crippen molar-refractivity contribution in [1.82, 2.24) is 4.98 Å². The monoisotopic (exact) mass is 441 g/mol. The molecular weight excluding hydrogens is 416 g/mol. The van der Waals surface area contributed by atoms with Gasteiger partial charge in [-0.15, -0.1) is 11.3 Å². The highest BCUT2D eigenvalue weighted by Gasteiger charge is 2.39. The van der Waals surface area contributed by atoms with Crippen LogP contribution in [0.15, 0.2) is 11.2 Å². The molecule has 1 heterocycles. The molecule has 1 rings (SSSR count). The van der Waals surface area contributed by atoms with E-state index in [1.54, 1.807) is 0 Å². The molecule has 0 bridgehead atoms. The van der Waals surface area contributed by atoms with E-state index < -0.39 is 14.4 Å². The van der Waals surface area contributed by atoms with Gasteiger partial charge in [-0.2, -0.15) is 0 Å². The highest BCUT2D eigenvalue weighted by Crippen LogP contribution is 2.38. The lowest BCUT2D eigenvalue weighted by Crippen LogP contribution is -2.44. The molecule has 0 aliphatic carbocycles. The lowest BCUT2D eigenvalue weighted by molar-refractivity contribution is 0.187. The highest BCUT2D eigenvalue weighted by atomic mass is 127. The van der Waals surface area contributed by atoms with Crippen molar-refractivity contribution in [3.05, 3.63) is 21.9 Å². The minimum absolute atomic E-state index is 0.0774. The minimum Gasteiger partial charge on any atom is -0.408 e. The first-order valence-corrected chi connectivity index (χ1v) is 12.4. The summed E-state index contributed by atoms with van der Waals surface area (Å²) < 4.78 is 21.7. The minimum atomic E-state index is -1.98. The van der Waals surface area contributed by atoms with E-state index >= 15 is 0 Å². The zero-order valence-corrected chi connectivity index (χ0v) is 17.6. The summed E-state index contributed by atoms with van der Waals surface area (Å²) in [5, 5.41) is 2.90. The summed E-state index contributed by atoms with van der Waals surface area (Å²) >= 11 is 3.80. The molecule has 0 amide bonds. The largest absolute Gasteiger partial charge is 0.408 e. The SMILES string of the molecule is Cc1nc(/C=C(/F)[C@H](CCI)O[Si](C)(C)C(C)(C)C)cs1. The van der Waals surface area contributed by atoms with Crippen molar-refractivity contribution in [3.8, 4) is 0 Å². The van der Waals surface area contributed by atoms with Gasteiger partial charge in [-0.05, 0) is 37.6 Å². The van der Waals surface area contributed by atoms with Gasteiger partial charge in [-0.1, -0.05) is 43.4 Å². The van der Waals surface area contributed by atoms with Crippen molar-refractivity contribution in [1.29, 1.82) is 0 Å². The van der Waals surface area contributed by atoms with Gasteiger partial charge in [0.25, 0.3) is 0 Å². The molecule has 0 spiro atoms. The number of hydrogen-bond acceptors (Lipinski definition) is 3. The first-order chi connectivity index (χ1) is 9.56. The highest BCUT2D eigenvalue weighted by molar-refractivity contribution is 14.1. The molecule has 1 aromatic heterocycles. The molecule has 0 saturated heterocycles. The van der Waals surface area contributed by atoms with Crippen molar-refractivity contribution in [2.75, 3.05) is 4.43 Å². The molecule has 6 heteroatoms. The van der Waals surface area contributed by atoms with E-state index in [2.05, 4.69) is 61.4 Å². The summed E-state index contributed by atoms with van der Waals surface area (Å²) in [6.07, 6.45) is 1.76. The van der Waals surface area contributed by atoms with E-state index in [1.807, 2.05) is 12.3 Å². The van der Waals surface area contributed by atoms with Gasteiger partial charge in [0, 0.05) is 9.81 Å². The van der Waals surface area contributed by atoms with Crippen molar-refractivity contribution in [3.63, 3.8) is 0 Å². The Bertz CT molecular complexity index is 496. The number of aromatic nitrogens is 1. The molecule has 0 aliphatic heterocycles. The molecule has 2 nitrogen and oxygen atoms in total. The Morgan fingerprint density at radius 1 is 1.52 bits per heavy atom. The number of alkyl halides is 1. The third-order valence-corrected chi connectivity index (χ3v) is 9.75. The van der Waals surface area contributed by atoms with Crippen LogP contribution >= 0.6 is 33.9 Å². The van der Waals surface area contributed by atoms with Crippen LogP contribution in [0.25, 0.3) is 6.08 Å². The molecule has 0 aromatic carbocycles. The van der Waals surface area contributed by atoms with Gasteiger partial charge in [-0.25, -0.2) is 9.37 Å². The van der Waals surface area contributed by atoms with Crippen LogP contribution in [0.2, 0.25) is 18.1 Å². The molecule has 0 unspecified atom stereocenters. The number of thiazole rings is 1. The predicted octanol–water partition coefficient (Wildman–Crippen LogP) is 5.98. The lowest BCUT2D eigenvalue weighted by atomic mass is 10.2. The standard InChI is InChI=1S/C15H25FINOSSi/c1-11-18-12(10-20-11)9-13(16)14(7-8-17)19-21(5,6)15(2,3)4/h9-10,14H,7-8H2,1-6H3/b13-9+/t14-/m0/s1.